The molecule has 0 bridgehead atoms. The molecule has 2 heterocycles. The van der Waals surface area contributed by atoms with E-state index in [0.29, 0.717) is 39.9 Å². The highest BCUT2D eigenvalue weighted by Gasteiger charge is 2.25. The number of aromatic nitrogens is 4. The van der Waals surface area contributed by atoms with Crippen molar-refractivity contribution in [1.82, 2.24) is 19.7 Å². The van der Waals surface area contributed by atoms with E-state index >= 15 is 0 Å². The number of benzene rings is 3. The van der Waals surface area contributed by atoms with Crippen LogP contribution in [0.2, 0.25) is 0 Å². The molecule has 0 radical (unpaired) electrons. The first-order chi connectivity index (χ1) is 18.0. The van der Waals surface area contributed by atoms with Gasteiger partial charge in [0, 0.05) is 16.7 Å². The number of esters is 1. The lowest BCUT2D eigenvalue weighted by Crippen LogP contribution is -2.15. The quantitative estimate of drug-likeness (QED) is 0.239. The standard InChI is InChI=1S/C27H24N4O5S/c1-3-15-37(34)26-28-22-10-6-9-21(25(32)35-2)23(22)31(26)16-17-11-13-18(14-12-17)19-7-4-5-8-20(19)24-29-27(33)36-30-24/h4-14H,3,15-16H2,1-2H3,(H,29,30,33). The van der Waals surface area contributed by atoms with Crippen LogP contribution in [-0.4, -0.2) is 43.1 Å². The largest absolute Gasteiger partial charge is 0.609 e. The summed E-state index contributed by atoms with van der Waals surface area (Å²) in [6, 6.07) is 20.7. The van der Waals surface area contributed by atoms with E-state index in [1.54, 1.807) is 18.2 Å². The van der Waals surface area contributed by atoms with E-state index in [9.17, 15) is 14.1 Å². The number of H-pyrrole nitrogens is 1. The molecule has 10 heteroatoms. The maximum Gasteiger partial charge on any atom is 0.460 e. The Balaban J connectivity index is 1.55. The molecule has 0 amide bonds. The smallest absolute Gasteiger partial charge is 0.460 e. The molecule has 5 rings (SSSR count). The first-order valence-electron chi connectivity index (χ1n) is 11.7. The lowest BCUT2D eigenvalue weighted by atomic mass is 9.98. The van der Waals surface area contributed by atoms with Gasteiger partial charge in [0.25, 0.3) is 0 Å². The third kappa shape index (κ3) is 4.81. The van der Waals surface area contributed by atoms with Crippen LogP contribution in [0.4, 0.5) is 0 Å². The van der Waals surface area contributed by atoms with Crippen LogP contribution in [0.3, 0.4) is 0 Å². The van der Waals surface area contributed by atoms with Crippen molar-refractivity contribution >= 4 is 28.2 Å². The number of carbonyl (C=O) groups is 1. The molecule has 1 atom stereocenters. The number of aromatic amines is 1. The molecule has 37 heavy (non-hydrogen) atoms. The zero-order chi connectivity index (χ0) is 25.9. The summed E-state index contributed by atoms with van der Waals surface area (Å²) in [5, 5.41) is 2.99. The van der Waals surface area contributed by atoms with Gasteiger partial charge in [-0.05, 0) is 35.2 Å². The lowest BCUT2D eigenvalue weighted by Gasteiger charge is -2.14. The first kappa shape index (κ1) is 24.5. The molecule has 9 nitrogen and oxygen atoms in total. The SMILES string of the molecule is CCC[S+]([O-])c1nc2cccc(C(=O)OC)c2n1Cc1ccc(-c2ccccc2-c2nc(=O)o[nH]2)cc1. The fourth-order valence-corrected chi connectivity index (χ4v) is 5.45. The number of methoxy groups -OCH3 is 1. The van der Waals surface area contributed by atoms with Crippen molar-refractivity contribution in [2.24, 2.45) is 0 Å². The second-order valence-corrected chi connectivity index (χ2v) is 9.83. The second kappa shape index (κ2) is 10.5. The Kier molecular flexibility index (Phi) is 6.93. The fraction of sp³-hybridized carbons (Fsp3) is 0.185. The van der Waals surface area contributed by atoms with E-state index in [4.69, 9.17) is 9.26 Å². The normalized spacial score (nSPS) is 12.1. The lowest BCUT2D eigenvalue weighted by molar-refractivity contribution is 0.0602. The molecule has 1 N–H and O–H groups in total. The van der Waals surface area contributed by atoms with Crippen LogP contribution < -0.4 is 5.76 Å². The number of hydrogen-bond donors (Lipinski definition) is 1. The van der Waals surface area contributed by atoms with Gasteiger partial charge in [-0.3, -0.25) is 4.57 Å². The summed E-state index contributed by atoms with van der Waals surface area (Å²) in [6.07, 6.45) is 0.741. The molecule has 2 aromatic heterocycles. The van der Waals surface area contributed by atoms with Crippen LogP contribution in [-0.2, 0) is 22.5 Å². The van der Waals surface area contributed by atoms with Crippen molar-refractivity contribution in [1.29, 1.82) is 0 Å². The molecule has 5 aromatic rings. The molecule has 1 unspecified atom stereocenters. The minimum atomic E-state index is -1.33. The molecule has 3 aromatic carbocycles. The van der Waals surface area contributed by atoms with Gasteiger partial charge in [0.05, 0.1) is 30.3 Å². The topological polar surface area (TPSA) is 126 Å². The zero-order valence-electron chi connectivity index (χ0n) is 20.3. The number of hydrogen-bond acceptors (Lipinski definition) is 7. The van der Waals surface area contributed by atoms with Gasteiger partial charge < -0.3 is 13.8 Å². The average molecular weight is 517 g/mol. The summed E-state index contributed by atoms with van der Waals surface area (Å²) in [6.45, 7) is 2.34. The van der Waals surface area contributed by atoms with Gasteiger partial charge in [-0.2, -0.15) is 15.1 Å². The number of carbonyl (C=O) groups excluding carboxylic acids is 1. The van der Waals surface area contributed by atoms with Gasteiger partial charge in [-0.1, -0.05) is 61.5 Å². The van der Waals surface area contributed by atoms with E-state index in [-0.39, 0.29) is 0 Å². The molecule has 0 aliphatic carbocycles. The van der Waals surface area contributed by atoms with Crippen molar-refractivity contribution in [2.75, 3.05) is 12.9 Å². The third-order valence-electron chi connectivity index (χ3n) is 5.96. The first-order valence-corrected chi connectivity index (χ1v) is 13.0. The van der Waals surface area contributed by atoms with Crippen LogP contribution >= 0.6 is 0 Å². The summed E-state index contributed by atoms with van der Waals surface area (Å²) < 4.78 is 24.6. The molecular formula is C27H24N4O5S. The highest BCUT2D eigenvalue weighted by atomic mass is 32.2. The maximum absolute atomic E-state index is 13.1. The minimum absolute atomic E-state index is 0.355. The Morgan fingerprint density at radius 1 is 1.05 bits per heavy atom. The van der Waals surface area contributed by atoms with Gasteiger partial charge in [-0.15, -0.1) is 0 Å². The molecule has 0 aliphatic heterocycles. The maximum atomic E-state index is 13.1. The Morgan fingerprint density at radius 3 is 2.49 bits per heavy atom. The molecule has 0 saturated carbocycles. The summed E-state index contributed by atoms with van der Waals surface area (Å²) in [4.78, 5) is 32.5. The number of rotatable bonds is 8. The van der Waals surface area contributed by atoms with Crippen LogP contribution in [0.5, 0.6) is 0 Å². The Labute approximate surface area is 215 Å². The number of fused-ring (bicyclic) bond motifs is 1. The second-order valence-electron chi connectivity index (χ2n) is 8.37. The molecule has 0 saturated heterocycles. The van der Waals surface area contributed by atoms with E-state index in [0.717, 1.165) is 28.7 Å². The van der Waals surface area contributed by atoms with Gasteiger partial charge >= 0.3 is 16.9 Å². The summed E-state index contributed by atoms with van der Waals surface area (Å²) in [5.74, 6) is -0.336. The number of nitrogens with zero attached hydrogens (tertiary/aromatic N) is 3. The third-order valence-corrected chi connectivity index (χ3v) is 7.45. The average Bonchev–Trinajstić information content (AvgIpc) is 3.52. The summed E-state index contributed by atoms with van der Waals surface area (Å²) >= 11 is -1.33. The van der Waals surface area contributed by atoms with Gasteiger partial charge in [0.15, 0.2) is 5.82 Å². The molecule has 0 fully saturated rings. The summed E-state index contributed by atoms with van der Waals surface area (Å²) in [7, 11) is 1.34. The molecule has 0 spiro atoms. The highest BCUT2D eigenvalue weighted by Crippen LogP contribution is 2.31. The van der Waals surface area contributed by atoms with E-state index in [1.165, 1.54) is 7.11 Å². The van der Waals surface area contributed by atoms with Crippen molar-refractivity contribution in [2.45, 2.75) is 25.0 Å². The van der Waals surface area contributed by atoms with Gasteiger partial charge in [0.2, 0.25) is 0 Å². The van der Waals surface area contributed by atoms with E-state index < -0.39 is 22.9 Å². The van der Waals surface area contributed by atoms with Crippen molar-refractivity contribution in [3.05, 3.63) is 88.4 Å². The number of ether oxygens (including phenoxy) is 1. The van der Waals surface area contributed by atoms with E-state index in [2.05, 4.69) is 15.1 Å². The van der Waals surface area contributed by atoms with Crippen LogP contribution in [0.15, 0.2) is 81.2 Å². The monoisotopic (exact) mass is 516 g/mol. The predicted molar refractivity (Wildman–Crippen MR) is 140 cm³/mol. The Morgan fingerprint density at radius 2 is 1.81 bits per heavy atom. The highest BCUT2D eigenvalue weighted by molar-refractivity contribution is 7.91. The predicted octanol–water partition coefficient (Wildman–Crippen LogP) is 4.40. The van der Waals surface area contributed by atoms with Crippen molar-refractivity contribution in [3.8, 4) is 22.5 Å². The zero-order valence-corrected chi connectivity index (χ0v) is 21.1. The minimum Gasteiger partial charge on any atom is -0.609 e. The number of nitrogens with one attached hydrogen (secondary N) is 1. The molecule has 0 aliphatic rings. The summed E-state index contributed by atoms with van der Waals surface area (Å²) in [5.41, 5.74) is 5.03. The van der Waals surface area contributed by atoms with Crippen molar-refractivity contribution < 1.29 is 18.6 Å². The Bertz CT molecular complexity index is 1620. The number of para-hydroxylation sites is 1. The van der Waals surface area contributed by atoms with Crippen LogP contribution in [0.1, 0.15) is 29.3 Å². The van der Waals surface area contributed by atoms with Gasteiger partial charge in [-0.25, -0.2) is 9.59 Å². The van der Waals surface area contributed by atoms with Crippen LogP contribution in [0, 0.1) is 0 Å². The van der Waals surface area contributed by atoms with E-state index in [1.807, 2.05) is 60.0 Å². The number of imidazole rings is 1. The fourth-order valence-electron chi connectivity index (χ4n) is 4.29. The van der Waals surface area contributed by atoms with Gasteiger partial charge in [0.1, 0.15) is 5.75 Å². The molecular weight excluding hydrogens is 492 g/mol. The van der Waals surface area contributed by atoms with Crippen molar-refractivity contribution in [3.63, 3.8) is 0 Å². The Hall–Kier alpha value is -4.15. The molecule has 188 valence electrons. The van der Waals surface area contributed by atoms with Crippen LogP contribution in [0.25, 0.3) is 33.5 Å².